The van der Waals surface area contributed by atoms with Crippen molar-refractivity contribution in [3.05, 3.63) is 54.4 Å². The highest BCUT2D eigenvalue weighted by Gasteiger charge is 2.20. The number of carbonyl (C=O) groups excluding carboxylic acids is 2. The third kappa shape index (κ3) is 4.17. The fourth-order valence-corrected chi connectivity index (χ4v) is 2.66. The Labute approximate surface area is 140 Å². The Morgan fingerprint density at radius 1 is 1.08 bits per heavy atom. The van der Waals surface area contributed by atoms with E-state index >= 15 is 0 Å². The topological polar surface area (TPSA) is 83.1 Å². The van der Waals surface area contributed by atoms with Gasteiger partial charge in [-0.05, 0) is 55.8 Å². The molecule has 0 spiro atoms. The quantitative estimate of drug-likeness (QED) is 0.806. The second-order valence-electron chi connectivity index (χ2n) is 5.81. The highest BCUT2D eigenvalue weighted by Crippen LogP contribution is 2.16. The first-order valence-corrected chi connectivity index (χ1v) is 8.05. The molecular formula is C18H20N4O2. The standard InChI is InChI=1S/C18H20N4O2/c23-17(22-16-4-2-10-20-12-16)13-5-7-15(8-6-13)21-18(24)14-3-1-9-19-11-14/h2,4-8,10,12,14,19H,1,3,9,11H2,(H,21,24)(H,22,23). The maximum atomic E-state index is 12.2. The molecule has 0 saturated carbocycles. The molecule has 124 valence electrons. The zero-order chi connectivity index (χ0) is 16.8. The van der Waals surface area contributed by atoms with Crippen LogP contribution in [0, 0.1) is 5.92 Å². The van der Waals surface area contributed by atoms with E-state index in [1.165, 1.54) is 0 Å². The Morgan fingerprint density at radius 3 is 2.58 bits per heavy atom. The van der Waals surface area contributed by atoms with Gasteiger partial charge in [0.2, 0.25) is 5.91 Å². The Bertz CT molecular complexity index is 695. The summed E-state index contributed by atoms with van der Waals surface area (Å²) in [6.45, 7) is 1.70. The van der Waals surface area contributed by atoms with Crippen LogP contribution in [-0.2, 0) is 4.79 Å². The highest BCUT2D eigenvalue weighted by molar-refractivity contribution is 6.04. The van der Waals surface area contributed by atoms with Crippen LogP contribution in [0.4, 0.5) is 11.4 Å². The van der Waals surface area contributed by atoms with Gasteiger partial charge in [-0.1, -0.05) is 0 Å². The minimum absolute atomic E-state index is 0.00676. The molecule has 1 atom stereocenters. The first-order valence-electron chi connectivity index (χ1n) is 8.05. The van der Waals surface area contributed by atoms with Crippen LogP contribution in [0.25, 0.3) is 0 Å². The molecule has 1 aromatic carbocycles. The van der Waals surface area contributed by atoms with Crippen LogP contribution in [0.3, 0.4) is 0 Å². The van der Waals surface area contributed by atoms with Crippen molar-refractivity contribution in [2.45, 2.75) is 12.8 Å². The van der Waals surface area contributed by atoms with E-state index in [9.17, 15) is 9.59 Å². The minimum Gasteiger partial charge on any atom is -0.326 e. The number of nitrogens with one attached hydrogen (secondary N) is 3. The van der Waals surface area contributed by atoms with Gasteiger partial charge in [0.15, 0.2) is 0 Å². The summed E-state index contributed by atoms with van der Waals surface area (Å²) in [5, 5.41) is 8.91. The lowest BCUT2D eigenvalue weighted by atomic mass is 9.99. The average Bonchev–Trinajstić information content (AvgIpc) is 2.64. The molecule has 6 heteroatoms. The fraction of sp³-hybridized carbons (Fsp3) is 0.278. The summed E-state index contributed by atoms with van der Waals surface area (Å²) < 4.78 is 0. The number of piperidine rings is 1. The molecule has 2 amide bonds. The van der Waals surface area contributed by atoms with Crippen molar-refractivity contribution < 1.29 is 9.59 Å². The van der Waals surface area contributed by atoms with Gasteiger partial charge in [-0.2, -0.15) is 0 Å². The minimum atomic E-state index is -0.211. The Hall–Kier alpha value is -2.73. The van der Waals surface area contributed by atoms with E-state index in [2.05, 4.69) is 20.9 Å². The van der Waals surface area contributed by atoms with Crippen molar-refractivity contribution in [1.29, 1.82) is 0 Å². The molecule has 0 aliphatic carbocycles. The van der Waals surface area contributed by atoms with Crippen LogP contribution in [0.1, 0.15) is 23.2 Å². The van der Waals surface area contributed by atoms with Crippen molar-refractivity contribution in [2.24, 2.45) is 5.92 Å². The van der Waals surface area contributed by atoms with Gasteiger partial charge in [0.25, 0.3) is 5.91 Å². The number of hydrogen-bond acceptors (Lipinski definition) is 4. The van der Waals surface area contributed by atoms with Gasteiger partial charge in [-0.3, -0.25) is 14.6 Å². The zero-order valence-electron chi connectivity index (χ0n) is 13.3. The van der Waals surface area contributed by atoms with E-state index in [0.29, 0.717) is 16.9 Å². The van der Waals surface area contributed by atoms with E-state index in [1.54, 1.807) is 48.8 Å². The molecule has 1 unspecified atom stereocenters. The van der Waals surface area contributed by atoms with Crippen molar-refractivity contribution in [2.75, 3.05) is 23.7 Å². The summed E-state index contributed by atoms with van der Waals surface area (Å²) in [6.07, 6.45) is 5.16. The summed E-state index contributed by atoms with van der Waals surface area (Å²) in [5.74, 6) is -0.181. The van der Waals surface area contributed by atoms with Gasteiger partial charge in [-0.15, -0.1) is 0 Å². The number of hydrogen-bond donors (Lipinski definition) is 3. The van der Waals surface area contributed by atoms with Crippen molar-refractivity contribution >= 4 is 23.2 Å². The second kappa shape index (κ2) is 7.70. The van der Waals surface area contributed by atoms with E-state index < -0.39 is 0 Å². The smallest absolute Gasteiger partial charge is 0.255 e. The van der Waals surface area contributed by atoms with E-state index in [0.717, 1.165) is 25.9 Å². The zero-order valence-corrected chi connectivity index (χ0v) is 13.3. The third-order valence-corrected chi connectivity index (χ3v) is 4.00. The van der Waals surface area contributed by atoms with E-state index in [-0.39, 0.29) is 17.7 Å². The van der Waals surface area contributed by atoms with Crippen LogP contribution in [-0.4, -0.2) is 29.9 Å². The lowest BCUT2D eigenvalue weighted by Crippen LogP contribution is -2.37. The molecule has 1 aliphatic heterocycles. The summed E-state index contributed by atoms with van der Waals surface area (Å²) in [5.41, 5.74) is 1.87. The molecule has 3 rings (SSSR count). The molecule has 1 aliphatic rings. The lowest BCUT2D eigenvalue weighted by Gasteiger charge is -2.21. The SMILES string of the molecule is O=C(Nc1cccnc1)c1ccc(NC(=O)C2CCCNC2)cc1. The molecule has 3 N–H and O–H groups in total. The monoisotopic (exact) mass is 324 g/mol. The van der Waals surface area contributed by atoms with Crippen LogP contribution in [0.5, 0.6) is 0 Å². The lowest BCUT2D eigenvalue weighted by molar-refractivity contribution is -0.120. The molecule has 1 aromatic heterocycles. The largest absolute Gasteiger partial charge is 0.326 e. The molecular weight excluding hydrogens is 304 g/mol. The van der Waals surface area contributed by atoms with Crippen molar-refractivity contribution in [3.8, 4) is 0 Å². The molecule has 2 heterocycles. The van der Waals surface area contributed by atoms with E-state index in [1.807, 2.05) is 0 Å². The number of pyridine rings is 1. The Balaban J connectivity index is 1.58. The highest BCUT2D eigenvalue weighted by atomic mass is 16.2. The number of amides is 2. The number of aromatic nitrogens is 1. The Morgan fingerprint density at radius 2 is 1.92 bits per heavy atom. The maximum Gasteiger partial charge on any atom is 0.255 e. The molecule has 0 bridgehead atoms. The molecule has 1 fully saturated rings. The predicted molar refractivity (Wildman–Crippen MR) is 92.9 cm³/mol. The summed E-state index contributed by atoms with van der Waals surface area (Å²) in [4.78, 5) is 28.3. The first kappa shape index (κ1) is 16.1. The van der Waals surface area contributed by atoms with Crippen molar-refractivity contribution in [3.63, 3.8) is 0 Å². The summed E-state index contributed by atoms with van der Waals surface area (Å²) in [7, 11) is 0. The summed E-state index contributed by atoms with van der Waals surface area (Å²) >= 11 is 0. The van der Waals surface area contributed by atoms with Gasteiger partial charge < -0.3 is 16.0 Å². The molecule has 6 nitrogen and oxygen atoms in total. The van der Waals surface area contributed by atoms with Crippen molar-refractivity contribution in [1.82, 2.24) is 10.3 Å². The number of rotatable bonds is 4. The number of benzene rings is 1. The van der Waals surface area contributed by atoms with Crippen LogP contribution >= 0.6 is 0 Å². The maximum absolute atomic E-state index is 12.2. The molecule has 2 aromatic rings. The van der Waals surface area contributed by atoms with Gasteiger partial charge in [-0.25, -0.2) is 0 Å². The molecule has 1 saturated heterocycles. The van der Waals surface area contributed by atoms with Gasteiger partial charge >= 0.3 is 0 Å². The van der Waals surface area contributed by atoms with Crippen LogP contribution < -0.4 is 16.0 Å². The number of anilines is 2. The second-order valence-corrected chi connectivity index (χ2v) is 5.81. The van der Waals surface area contributed by atoms with Gasteiger partial charge in [0.05, 0.1) is 17.8 Å². The van der Waals surface area contributed by atoms with Crippen LogP contribution in [0.2, 0.25) is 0 Å². The first-order chi connectivity index (χ1) is 11.7. The van der Waals surface area contributed by atoms with Crippen LogP contribution in [0.15, 0.2) is 48.8 Å². The molecule has 0 radical (unpaired) electrons. The van der Waals surface area contributed by atoms with Gasteiger partial charge in [0.1, 0.15) is 0 Å². The fourth-order valence-electron chi connectivity index (χ4n) is 2.66. The average molecular weight is 324 g/mol. The number of nitrogens with zero attached hydrogens (tertiary/aromatic N) is 1. The van der Waals surface area contributed by atoms with E-state index in [4.69, 9.17) is 0 Å². The van der Waals surface area contributed by atoms with Gasteiger partial charge in [0, 0.05) is 24.0 Å². The number of carbonyl (C=O) groups is 2. The summed E-state index contributed by atoms with van der Waals surface area (Å²) in [6, 6.07) is 10.4. The predicted octanol–water partition coefficient (Wildman–Crippen LogP) is 2.27. The molecule has 24 heavy (non-hydrogen) atoms. The third-order valence-electron chi connectivity index (χ3n) is 4.00. The normalized spacial score (nSPS) is 17.1. The Kier molecular flexibility index (Phi) is 5.18.